The third kappa shape index (κ3) is 0.909. The highest BCUT2D eigenvalue weighted by Crippen LogP contribution is 2.20. The average molecular weight is 147 g/mol. The number of rotatable bonds is 0. The number of pyridine rings is 1. The van der Waals surface area contributed by atoms with Gasteiger partial charge in [0, 0.05) is 11.8 Å². The molecule has 1 aliphatic rings. The fourth-order valence-corrected chi connectivity index (χ4v) is 1.44. The highest BCUT2D eigenvalue weighted by Gasteiger charge is 2.10. The van der Waals surface area contributed by atoms with Crippen LogP contribution in [-0.2, 0) is 6.42 Å². The maximum absolute atomic E-state index is 11.2. The van der Waals surface area contributed by atoms with Crippen LogP contribution >= 0.6 is 0 Å². The maximum atomic E-state index is 11.2. The molecule has 0 bridgehead atoms. The van der Waals surface area contributed by atoms with E-state index in [9.17, 15) is 4.79 Å². The second kappa shape index (κ2) is 2.09. The quantitative estimate of drug-likeness (QED) is 0.590. The fraction of sp³-hybridized carbons (Fsp3) is 0.222. The van der Waals surface area contributed by atoms with Crippen molar-refractivity contribution >= 4 is 6.08 Å². The van der Waals surface area contributed by atoms with Crippen molar-refractivity contribution < 1.29 is 0 Å². The molecule has 1 aliphatic carbocycles. The van der Waals surface area contributed by atoms with Crippen molar-refractivity contribution in [2.45, 2.75) is 13.3 Å². The predicted octanol–water partition coefficient (Wildman–Crippen LogP) is 1.33. The van der Waals surface area contributed by atoms with E-state index in [1.807, 2.05) is 19.1 Å². The zero-order chi connectivity index (χ0) is 7.84. The number of hydrogen-bond donors (Lipinski definition) is 1. The van der Waals surface area contributed by atoms with Crippen LogP contribution in [0, 0.1) is 0 Å². The second-order valence-electron chi connectivity index (χ2n) is 2.91. The summed E-state index contributed by atoms with van der Waals surface area (Å²) < 4.78 is 0. The first-order valence-electron chi connectivity index (χ1n) is 3.65. The van der Waals surface area contributed by atoms with Crippen molar-refractivity contribution in [2.75, 3.05) is 0 Å². The molecule has 0 aliphatic heterocycles. The van der Waals surface area contributed by atoms with Gasteiger partial charge in [0.25, 0.3) is 5.56 Å². The largest absolute Gasteiger partial charge is 0.329 e. The molecule has 1 heterocycles. The summed E-state index contributed by atoms with van der Waals surface area (Å²) in [6, 6.07) is 1.96. The molecular formula is C9H9NO. The van der Waals surface area contributed by atoms with Crippen LogP contribution in [0.25, 0.3) is 6.08 Å². The van der Waals surface area contributed by atoms with Crippen LogP contribution in [0.2, 0.25) is 0 Å². The molecule has 1 aromatic heterocycles. The number of aromatic amines is 1. The SMILES string of the molecule is CC1=Cc2c(cc[nH]c2=O)C1. The third-order valence-corrected chi connectivity index (χ3v) is 1.95. The fourth-order valence-electron chi connectivity index (χ4n) is 1.44. The van der Waals surface area contributed by atoms with Crippen molar-refractivity contribution in [3.8, 4) is 0 Å². The summed E-state index contributed by atoms with van der Waals surface area (Å²) in [6.45, 7) is 2.04. The van der Waals surface area contributed by atoms with E-state index in [0.29, 0.717) is 0 Å². The van der Waals surface area contributed by atoms with Gasteiger partial charge in [0.15, 0.2) is 0 Å². The summed E-state index contributed by atoms with van der Waals surface area (Å²) in [6.07, 6.45) is 4.58. The first-order valence-corrected chi connectivity index (χ1v) is 3.65. The van der Waals surface area contributed by atoms with E-state index >= 15 is 0 Å². The normalized spacial score (nSPS) is 14.5. The van der Waals surface area contributed by atoms with Gasteiger partial charge in [-0.3, -0.25) is 4.79 Å². The van der Waals surface area contributed by atoms with Crippen molar-refractivity contribution in [3.63, 3.8) is 0 Å². The number of allylic oxidation sites excluding steroid dienone is 1. The van der Waals surface area contributed by atoms with Gasteiger partial charge in [-0.15, -0.1) is 0 Å². The standard InChI is InChI=1S/C9H9NO/c1-6-4-7-2-3-10-9(11)8(7)5-6/h2-3,5H,4H2,1H3,(H,10,11). The lowest BCUT2D eigenvalue weighted by Crippen LogP contribution is -2.08. The number of nitrogens with one attached hydrogen (secondary N) is 1. The summed E-state index contributed by atoms with van der Waals surface area (Å²) in [4.78, 5) is 13.8. The smallest absolute Gasteiger partial charge is 0.255 e. The summed E-state index contributed by atoms with van der Waals surface area (Å²) in [5.41, 5.74) is 3.27. The second-order valence-corrected chi connectivity index (χ2v) is 2.91. The molecule has 0 unspecified atom stereocenters. The highest BCUT2D eigenvalue weighted by atomic mass is 16.1. The Hall–Kier alpha value is -1.31. The Morgan fingerprint density at radius 1 is 1.55 bits per heavy atom. The van der Waals surface area contributed by atoms with Crippen LogP contribution in [0.4, 0.5) is 0 Å². The molecule has 56 valence electrons. The number of fused-ring (bicyclic) bond motifs is 1. The van der Waals surface area contributed by atoms with E-state index in [1.54, 1.807) is 6.20 Å². The van der Waals surface area contributed by atoms with Crippen molar-refractivity contribution in [2.24, 2.45) is 0 Å². The molecule has 1 N–H and O–H groups in total. The molecule has 2 heteroatoms. The van der Waals surface area contributed by atoms with Gasteiger partial charge in [-0.1, -0.05) is 5.57 Å². The lowest BCUT2D eigenvalue weighted by atomic mass is 10.1. The van der Waals surface area contributed by atoms with Crippen LogP contribution in [0.3, 0.4) is 0 Å². The van der Waals surface area contributed by atoms with Gasteiger partial charge in [0.05, 0.1) is 0 Å². The summed E-state index contributed by atoms with van der Waals surface area (Å²) in [5.74, 6) is 0. The molecule has 0 radical (unpaired) electrons. The molecule has 0 amide bonds. The summed E-state index contributed by atoms with van der Waals surface area (Å²) in [7, 11) is 0. The van der Waals surface area contributed by atoms with E-state index in [4.69, 9.17) is 0 Å². The van der Waals surface area contributed by atoms with Gasteiger partial charge in [-0.25, -0.2) is 0 Å². The van der Waals surface area contributed by atoms with Crippen LogP contribution in [0.15, 0.2) is 22.6 Å². The molecule has 0 spiro atoms. The maximum Gasteiger partial charge on any atom is 0.255 e. The minimum absolute atomic E-state index is 0.0272. The molecule has 0 atom stereocenters. The van der Waals surface area contributed by atoms with Gasteiger partial charge in [0.2, 0.25) is 0 Å². The molecule has 0 saturated heterocycles. The molecule has 0 fully saturated rings. The average Bonchev–Trinajstić information content (AvgIpc) is 2.31. The first-order chi connectivity index (χ1) is 5.27. The zero-order valence-electron chi connectivity index (χ0n) is 6.35. The van der Waals surface area contributed by atoms with Crippen LogP contribution in [0.5, 0.6) is 0 Å². The molecule has 2 nitrogen and oxygen atoms in total. The lowest BCUT2D eigenvalue weighted by Gasteiger charge is -1.93. The van der Waals surface area contributed by atoms with Crippen LogP contribution in [-0.4, -0.2) is 4.98 Å². The first kappa shape index (κ1) is 6.40. The molecule has 0 aromatic carbocycles. The van der Waals surface area contributed by atoms with E-state index in [1.165, 1.54) is 5.57 Å². The predicted molar refractivity (Wildman–Crippen MR) is 44.4 cm³/mol. The topological polar surface area (TPSA) is 32.9 Å². The summed E-state index contributed by atoms with van der Waals surface area (Å²) >= 11 is 0. The van der Waals surface area contributed by atoms with Crippen molar-refractivity contribution in [1.29, 1.82) is 0 Å². The summed E-state index contributed by atoms with van der Waals surface area (Å²) in [5, 5.41) is 0. The van der Waals surface area contributed by atoms with E-state index < -0.39 is 0 Å². The Bertz CT molecular complexity index is 373. The van der Waals surface area contributed by atoms with Gasteiger partial charge in [0.1, 0.15) is 0 Å². The molecular weight excluding hydrogens is 138 g/mol. The van der Waals surface area contributed by atoms with Gasteiger partial charge >= 0.3 is 0 Å². The Morgan fingerprint density at radius 3 is 3.09 bits per heavy atom. The van der Waals surface area contributed by atoms with Crippen LogP contribution < -0.4 is 5.56 Å². The van der Waals surface area contributed by atoms with E-state index in [0.717, 1.165) is 17.5 Å². The monoisotopic (exact) mass is 147 g/mol. The van der Waals surface area contributed by atoms with Crippen molar-refractivity contribution in [1.82, 2.24) is 4.98 Å². The Balaban J connectivity index is 2.71. The minimum Gasteiger partial charge on any atom is -0.329 e. The minimum atomic E-state index is 0.0272. The number of hydrogen-bond acceptors (Lipinski definition) is 1. The Morgan fingerprint density at radius 2 is 2.36 bits per heavy atom. The Labute approximate surface area is 64.6 Å². The molecule has 0 saturated carbocycles. The lowest BCUT2D eigenvalue weighted by molar-refractivity contribution is 1.14. The Kier molecular flexibility index (Phi) is 1.22. The highest BCUT2D eigenvalue weighted by molar-refractivity contribution is 5.61. The van der Waals surface area contributed by atoms with Gasteiger partial charge < -0.3 is 4.98 Å². The van der Waals surface area contributed by atoms with Crippen molar-refractivity contribution in [3.05, 3.63) is 39.3 Å². The number of H-pyrrole nitrogens is 1. The molecule has 11 heavy (non-hydrogen) atoms. The zero-order valence-corrected chi connectivity index (χ0v) is 6.35. The molecule has 2 rings (SSSR count). The van der Waals surface area contributed by atoms with Gasteiger partial charge in [-0.2, -0.15) is 0 Å². The van der Waals surface area contributed by atoms with E-state index in [-0.39, 0.29) is 5.56 Å². The van der Waals surface area contributed by atoms with Gasteiger partial charge in [-0.05, 0) is 31.1 Å². The number of aromatic nitrogens is 1. The molecule has 1 aromatic rings. The van der Waals surface area contributed by atoms with Crippen LogP contribution in [0.1, 0.15) is 18.1 Å². The van der Waals surface area contributed by atoms with E-state index in [2.05, 4.69) is 4.98 Å². The third-order valence-electron chi connectivity index (χ3n) is 1.95.